The summed E-state index contributed by atoms with van der Waals surface area (Å²) in [5.74, 6) is -2.24. The quantitative estimate of drug-likeness (QED) is 0.0195. The Hall–Kier alpha value is -2.23. The zero-order valence-corrected chi connectivity index (χ0v) is 66.0. The molecule has 0 aromatic carbocycles. The van der Waals surface area contributed by atoms with E-state index in [9.17, 15) is 19.5 Å². The van der Waals surface area contributed by atoms with Crippen molar-refractivity contribution in [1.29, 1.82) is 0 Å². The summed E-state index contributed by atoms with van der Waals surface area (Å²) < 4.78 is 22.9. The minimum Gasteiger partial charge on any atom is -0.545 e. The molecule has 9 heteroatoms. The van der Waals surface area contributed by atoms with Crippen molar-refractivity contribution in [1.82, 2.24) is 0 Å². The van der Waals surface area contributed by atoms with E-state index in [4.69, 9.17) is 18.9 Å². The number of likely N-dealkylation sites (N-methyl/N-ethyl adjacent to an activating group) is 1. The van der Waals surface area contributed by atoms with Gasteiger partial charge in [-0.15, -0.1) is 0 Å². The molecule has 2 atom stereocenters. The van der Waals surface area contributed by atoms with Gasteiger partial charge >= 0.3 is 11.9 Å². The maximum absolute atomic E-state index is 13.0. The van der Waals surface area contributed by atoms with Crippen molar-refractivity contribution in [3.05, 3.63) is 24.3 Å². The molecule has 0 aliphatic rings. The number of allylic oxidation sites excluding steroid dienone is 4. The van der Waals surface area contributed by atoms with Crippen molar-refractivity contribution in [3.63, 3.8) is 0 Å². The highest BCUT2D eigenvalue weighted by Gasteiger charge is 2.22. The molecular formula is C88H169NO8. The van der Waals surface area contributed by atoms with Gasteiger partial charge in [-0.25, -0.2) is 0 Å². The summed E-state index contributed by atoms with van der Waals surface area (Å²) in [7, 11) is 5.96. The number of hydrogen-bond donors (Lipinski definition) is 0. The number of esters is 2. The highest BCUT2D eigenvalue weighted by Crippen LogP contribution is 2.21. The second kappa shape index (κ2) is 79.5. The number of hydrogen-bond acceptors (Lipinski definition) is 8. The first-order valence-electron chi connectivity index (χ1n) is 43.5. The Bertz CT molecular complexity index is 1640. The molecule has 0 heterocycles. The van der Waals surface area contributed by atoms with Crippen LogP contribution >= 0.6 is 0 Å². The number of ether oxygens (including phenoxy) is 4. The fourth-order valence-electron chi connectivity index (χ4n) is 13.5. The molecule has 0 radical (unpaired) electrons. The van der Waals surface area contributed by atoms with Crippen molar-refractivity contribution in [2.45, 2.75) is 476 Å². The molecule has 9 nitrogen and oxygen atoms in total. The Balaban J connectivity index is 3.91. The third kappa shape index (κ3) is 80.9. The Morgan fingerprint density at radius 1 is 0.299 bits per heavy atom. The number of unbranched alkanes of at least 4 members (excludes halogenated alkanes) is 64. The molecule has 97 heavy (non-hydrogen) atoms. The number of carboxylic acid groups (broad SMARTS) is 1. The number of rotatable bonds is 83. The molecule has 2 unspecified atom stereocenters. The van der Waals surface area contributed by atoms with Gasteiger partial charge in [-0.1, -0.05) is 411 Å². The topological polar surface area (TPSA) is 111 Å². The lowest BCUT2D eigenvalue weighted by Crippen LogP contribution is -2.44. The largest absolute Gasteiger partial charge is 0.545 e. The van der Waals surface area contributed by atoms with Crippen LogP contribution in [-0.2, 0) is 33.3 Å². The van der Waals surface area contributed by atoms with E-state index in [0.717, 1.165) is 38.5 Å². The summed E-state index contributed by atoms with van der Waals surface area (Å²) in [5, 5.41) is 11.9. The first-order chi connectivity index (χ1) is 47.6. The van der Waals surface area contributed by atoms with Crippen LogP contribution in [0.15, 0.2) is 24.3 Å². The van der Waals surface area contributed by atoms with E-state index in [0.29, 0.717) is 17.4 Å². The summed E-state index contributed by atoms with van der Waals surface area (Å²) >= 11 is 0. The lowest BCUT2D eigenvalue weighted by atomic mass is 10.0. The number of carbonyl (C=O) groups excluding carboxylic acids is 3. The van der Waals surface area contributed by atoms with E-state index in [1.165, 1.54) is 398 Å². The summed E-state index contributed by atoms with van der Waals surface area (Å²) in [5.41, 5.74) is 0. The van der Waals surface area contributed by atoms with Crippen molar-refractivity contribution in [2.75, 3.05) is 47.5 Å². The number of aliphatic carboxylic acids is 1. The second-order valence-corrected chi connectivity index (χ2v) is 31.2. The van der Waals surface area contributed by atoms with Gasteiger partial charge in [0.05, 0.1) is 40.3 Å². The molecule has 0 aliphatic heterocycles. The van der Waals surface area contributed by atoms with E-state index >= 15 is 0 Å². The summed E-state index contributed by atoms with van der Waals surface area (Å²) in [6, 6.07) is 0. The molecule has 0 aromatic rings. The lowest BCUT2D eigenvalue weighted by Gasteiger charge is -2.26. The lowest BCUT2D eigenvalue weighted by molar-refractivity contribution is -0.870. The maximum Gasteiger partial charge on any atom is 0.306 e. The monoisotopic (exact) mass is 1370 g/mol. The number of quaternary nitrogens is 1. The van der Waals surface area contributed by atoms with Crippen molar-refractivity contribution < 1.29 is 42.9 Å². The van der Waals surface area contributed by atoms with Crippen LogP contribution in [0, 0.1) is 0 Å². The number of carboxylic acids is 1. The van der Waals surface area contributed by atoms with Gasteiger partial charge in [0.25, 0.3) is 0 Å². The van der Waals surface area contributed by atoms with Gasteiger partial charge in [-0.2, -0.15) is 0 Å². The van der Waals surface area contributed by atoms with Crippen LogP contribution in [-0.4, -0.2) is 82.3 Å². The van der Waals surface area contributed by atoms with Crippen LogP contribution in [0.2, 0.25) is 0 Å². The third-order valence-electron chi connectivity index (χ3n) is 20.2. The minimum absolute atomic E-state index is 0.152. The van der Waals surface area contributed by atoms with E-state index in [1.807, 2.05) is 21.1 Å². The highest BCUT2D eigenvalue weighted by atomic mass is 16.7. The molecule has 0 bridgehead atoms. The van der Waals surface area contributed by atoms with Crippen LogP contribution in [0.1, 0.15) is 463 Å². The molecular weight excluding hydrogens is 1200 g/mol. The van der Waals surface area contributed by atoms with Crippen molar-refractivity contribution in [2.24, 2.45) is 0 Å². The molecule has 0 saturated carbocycles. The summed E-state index contributed by atoms with van der Waals surface area (Å²) in [6.07, 6.45) is 99.2. The van der Waals surface area contributed by atoms with Crippen LogP contribution in [0.25, 0.3) is 0 Å². The first-order valence-corrected chi connectivity index (χ1v) is 43.5. The van der Waals surface area contributed by atoms with E-state index in [-0.39, 0.29) is 32.2 Å². The molecule has 0 N–H and O–H groups in total. The summed E-state index contributed by atoms with van der Waals surface area (Å²) in [4.78, 5) is 37.7. The third-order valence-corrected chi connectivity index (χ3v) is 20.2. The van der Waals surface area contributed by atoms with Gasteiger partial charge in [0.15, 0.2) is 12.4 Å². The maximum atomic E-state index is 13.0. The molecule has 0 aromatic heterocycles. The molecule has 0 spiro atoms. The fourth-order valence-corrected chi connectivity index (χ4v) is 13.5. The number of carbonyl (C=O) groups is 3. The van der Waals surface area contributed by atoms with Crippen LogP contribution in [0.5, 0.6) is 0 Å². The predicted molar refractivity (Wildman–Crippen MR) is 417 cm³/mol. The molecule has 574 valence electrons. The summed E-state index contributed by atoms with van der Waals surface area (Å²) in [6.45, 7) is 4.84. The Kier molecular flexibility index (Phi) is 77.6. The standard InChI is InChI=1S/C88H169NO8/c1-6-8-10-12-14-16-18-20-22-24-26-28-30-32-34-36-38-40-42-43-45-47-49-51-53-55-57-59-61-63-65-67-69-71-73-75-77-79-86(91)97-84(83-96-88(87(92)93)94-81-80-89(3,4)5)82-95-85(90)78-76-74-72-70-68-66-64-62-60-58-56-54-52-50-48-46-44-41-39-37-35-33-31-29-27-25-23-21-19-17-15-13-11-9-7-2/h24-27,84,88H,6-23,28-83H2,1-5H3/b26-24-,27-25-. The molecule has 0 saturated heterocycles. The zero-order chi connectivity index (χ0) is 70.4. The SMILES string of the molecule is CCCCCCCCCC/C=C\CCCCCCCCCCCCCCCCCCCCCCCCCCCC(=O)OC(COC(=O)CCCCCCCCCCCCCCCCCCCCCCCCC/C=C\CCCCCCCCCC)COC(OCC[N+](C)(C)C)C(=O)[O-]. The molecule has 0 amide bonds. The van der Waals surface area contributed by atoms with Gasteiger partial charge in [-0.05, 0) is 64.2 Å². The highest BCUT2D eigenvalue weighted by molar-refractivity contribution is 5.70. The van der Waals surface area contributed by atoms with Gasteiger partial charge in [0.2, 0.25) is 0 Å². The molecule has 0 fully saturated rings. The van der Waals surface area contributed by atoms with E-state index < -0.39 is 24.3 Å². The first kappa shape index (κ1) is 94.8. The fraction of sp³-hybridized carbons (Fsp3) is 0.920. The molecule has 0 rings (SSSR count). The zero-order valence-electron chi connectivity index (χ0n) is 66.0. The normalized spacial score (nSPS) is 12.6. The van der Waals surface area contributed by atoms with Crippen molar-refractivity contribution >= 4 is 17.9 Å². The van der Waals surface area contributed by atoms with Crippen LogP contribution in [0.4, 0.5) is 0 Å². The Morgan fingerprint density at radius 3 is 0.763 bits per heavy atom. The minimum atomic E-state index is -1.62. The Labute approximate surface area is 605 Å². The van der Waals surface area contributed by atoms with Gasteiger partial charge in [-0.3, -0.25) is 9.59 Å². The van der Waals surface area contributed by atoms with Crippen LogP contribution < -0.4 is 5.11 Å². The van der Waals surface area contributed by atoms with Crippen LogP contribution in [0.3, 0.4) is 0 Å². The Morgan fingerprint density at radius 2 is 0.526 bits per heavy atom. The van der Waals surface area contributed by atoms with E-state index in [1.54, 1.807) is 0 Å². The van der Waals surface area contributed by atoms with Gasteiger partial charge in [0, 0.05) is 12.8 Å². The van der Waals surface area contributed by atoms with Gasteiger partial charge in [0.1, 0.15) is 13.2 Å². The average molecular weight is 1370 g/mol. The van der Waals surface area contributed by atoms with Gasteiger partial charge < -0.3 is 33.3 Å². The smallest absolute Gasteiger partial charge is 0.306 e. The van der Waals surface area contributed by atoms with Crippen molar-refractivity contribution in [3.8, 4) is 0 Å². The number of nitrogens with zero attached hydrogens (tertiary/aromatic N) is 1. The average Bonchev–Trinajstić information content (AvgIpc) is 3.11. The predicted octanol–water partition coefficient (Wildman–Crippen LogP) is 26.7. The second-order valence-electron chi connectivity index (χ2n) is 31.2. The molecule has 0 aliphatic carbocycles. The van der Waals surface area contributed by atoms with E-state index in [2.05, 4.69) is 38.2 Å².